The summed E-state index contributed by atoms with van der Waals surface area (Å²) in [4.78, 5) is 27.2. The third kappa shape index (κ3) is 3.77. The van der Waals surface area contributed by atoms with Gasteiger partial charge in [-0.25, -0.2) is 4.79 Å². The first kappa shape index (κ1) is 17.7. The molecule has 0 saturated carbocycles. The Morgan fingerprint density at radius 2 is 1.85 bits per heavy atom. The number of rotatable bonds is 5. The average molecular weight is 349 g/mol. The second-order valence-electron chi connectivity index (χ2n) is 7.10. The summed E-state index contributed by atoms with van der Waals surface area (Å²) >= 11 is 0. The number of amides is 1. The maximum Gasteiger partial charge on any atom is 0.330 e. The Morgan fingerprint density at radius 1 is 1.12 bits per heavy atom. The molecule has 2 N–H and O–H groups in total. The molecule has 0 aliphatic carbocycles. The van der Waals surface area contributed by atoms with Crippen LogP contribution in [-0.4, -0.2) is 15.5 Å². The maximum atomic E-state index is 12.5. The molecule has 0 atom stereocenters. The van der Waals surface area contributed by atoms with Crippen molar-refractivity contribution >= 4 is 11.6 Å². The van der Waals surface area contributed by atoms with Crippen LogP contribution in [0.15, 0.2) is 65.6 Å². The Labute approximate surface area is 152 Å². The number of hydrogen-bond donors (Lipinski definition) is 2. The highest BCUT2D eigenvalue weighted by Crippen LogP contribution is 2.27. The molecule has 0 radical (unpaired) electrons. The van der Waals surface area contributed by atoms with E-state index in [4.69, 9.17) is 0 Å². The van der Waals surface area contributed by atoms with Crippen LogP contribution in [0, 0.1) is 6.92 Å². The maximum absolute atomic E-state index is 12.5. The molecule has 3 rings (SSSR count). The van der Waals surface area contributed by atoms with E-state index in [1.807, 2.05) is 55.5 Å². The Balaban J connectivity index is 1.76. The van der Waals surface area contributed by atoms with Crippen molar-refractivity contribution < 1.29 is 4.79 Å². The zero-order valence-corrected chi connectivity index (χ0v) is 15.2. The molecule has 5 nitrogen and oxygen atoms in total. The second-order valence-corrected chi connectivity index (χ2v) is 7.10. The number of H-pyrrole nitrogens is 1. The lowest BCUT2D eigenvalue weighted by Gasteiger charge is -2.24. The molecule has 1 aromatic heterocycles. The number of carbonyl (C=O) groups excluding carboxylic acids is 1. The summed E-state index contributed by atoms with van der Waals surface area (Å²) < 4.78 is 1.57. The van der Waals surface area contributed by atoms with Gasteiger partial charge in [0.1, 0.15) is 0 Å². The lowest BCUT2D eigenvalue weighted by molar-refractivity contribution is -0.117. The molecule has 1 heterocycles. The number of benzene rings is 2. The fourth-order valence-corrected chi connectivity index (χ4v) is 3.10. The Hall–Kier alpha value is -3.08. The zero-order chi connectivity index (χ0) is 18.7. The summed E-state index contributed by atoms with van der Waals surface area (Å²) in [5.41, 5.74) is 2.85. The SMILES string of the molecule is Cc1c[nH]c(=O)n1-c1cccc(NC(=O)CC(C)(C)c2ccccc2)c1. The Bertz CT molecular complexity index is 968. The number of nitrogens with one attached hydrogen (secondary N) is 2. The number of anilines is 1. The van der Waals surface area contributed by atoms with Gasteiger partial charge in [-0.3, -0.25) is 9.36 Å². The lowest BCUT2D eigenvalue weighted by atomic mass is 9.81. The van der Waals surface area contributed by atoms with Gasteiger partial charge in [0.2, 0.25) is 5.91 Å². The topological polar surface area (TPSA) is 66.9 Å². The van der Waals surface area contributed by atoms with Gasteiger partial charge in [0.05, 0.1) is 5.69 Å². The van der Waals surface area contributed by atoms with Gasteiger partial charge in [0, 0.05) is 24.0 Å². The standard InChI is InChI=1S/C21H23N3O2/c1-15-14-22-20(26)24(15)18-11-7-10-17(12-18)23-19(25)13-21(2,3)16-8-5-4-6-9-16/h4-12,14H,13H2,1-3H3,(H,22,26)(H,23,25). The van der Waals surface area contributed by atoms with Crippen LogP contribution < -0.4 is 11.0 Å². The van der Waals surface area contributed by atoms with Crippen molar-refractivity contribution in [1.82, 2.24) is 9.55 Å². The van der Waals surface area contributed by atoms with E-state index in [0.717, 1.165) is 11.3 Å². The van der Waals surface area contributed by atoms with E-state index in [2.05, 4.69) is 24.1 Å². The summed E-state index contributed by atoms with van der Waals surface area (Å²) in [5, 5.41) is 2.94. The first-order valence-electron chi connectivity index (χ1n) is 8.60. The highest BCUT2D eigenvalue weighted by molar-refractivity contribution is 5.91. The largest absolute Gasteiger partial charge is 0.330 e. The molecule has 5 heteroatoms. The van der Waals surface area contributed by atoms with Crippen LogP contribution >= 0.6 is 0 Å². The van der Waals surface area contributed by atoms with E-state index in [1.165, 1.54) is 0 Å². The highest BCUT2D eigenvalue weighted by atomic mass is 16.2. The molecular formula is C21H23N3O2. The van der Waals surface area contributed by atoms with Gasteiger partial charge in [-0.2, -0.15) is 0 Å². The number of carbonyl (C=O) groups is 1. The second kappa shape index (κ2) is 7.04. The van der Waals surface area contributed by atoms with Gasteiger partial charge in [0.25, 0.3) is 0 Å². The number of aromatic amines is 1. The monoisotopic (exact) mass is 349 g/mol. The first-order valence-corrected chi connectivity index (χ1v) is 8.60. The van der Waals surface area contributed by atoms with Crippen molar-refractivity contribution in [2.45, 2.75) is 32.6 Å². The fourth-order valence-electron chi connectivity index (χ4n) is 3.10. The molecule has 3 aromatic rings. The minimum absolute atomic E-state index is 0.0610. The van der Waals surface area contributed by atoms with Crippen LogP contribution in [0.2, 0.25) is 0 Å². The summed E-state index contributed by atoms with van der Waals surface area (Å²) in [7, 11) is 0. The number of imidazole rings is 1. The van der Waals surface area contributed by atoms with Crippen LogP contribution in [0.4, 0.5) is 5.69 Å². The summed E-state index contributed by atoms with van der Waals surface area (Å²) in [5.74, 6) is -0.0610. The minimum Gasteiger partial charge on any atom is -0.326 e. The van der Waals surface area contributed by atoms with Gasteiger partial charge in [-0.05, 0) is 36.1 Å². The Kier molecular flexibility index (Phi) is 4.80. The molecule has 0 aliphatic heterocycles. The molecule has 2 aromatic carbocycles. The molecule has 0 bridgehead atoms. The third-order valence-corrected chi connectivity index (χ3v) is 4.51. The van der Waals surface area contributed by atoms with Crippen molar-refractivity contribution in [1.29, 1.82) is 0 Å². The molecule has 0 spiro atoms. The van der Waals surface area contributed by atoms with Crippen LogP contribution in [0.5, 0.6) is 0 Å². The van der Waals surface area contributed by atoms with Crippen LogP contribution in [-0.2, 0) is 10.2 Å². The highest BCUT2D eigenvalue weighted by Gasteiger charge is 2.24. The predicted molar refractivity (Wildman–Crippen MR) is 104 cm³/mol. The molecule has 0 unspecified atom stereocenters. The van der Waals surface area contributed by atoms with Crippen LogP contribution in [0.25, 0.3) is 5.69 Å². The minimum atomic E-state index is -0.267. The summed E-state index contributed by atoms with van der Waals surface area (Å²) in [6.07, 6.45) is 2.03. The number of aromatic nitrogens is 2. The zero-order valence-electron chi connectivity index (χ0n) is 15.2. The van der Waals surface area contributed by atoms with E-state index < -0.39 is 0 Å². The van der Waals surface area contributed by atoms with E-state index in [1.54, 1.807) is 16.8 Å². The Morgan fingerprint density at radius 3 is 2.50 bits per heavy atom. The number of aryl methyl sites for hydroxylation is 1. The summed E-state index contributed by atoms with van der Waals surface area (Å²) in [6.45, 7) is 5.97. The van der Waals surface area contributed by atoms with Gasteiger partial charge in [0.15, 0.2) is 0 Å². The number of nitrogens with zero attached hydrogens (tertiary/aromatic N) is 1. The van der Waals surface area contributed by atoms with Crippen LogP contribution in [0.3, 0.4) is 0 Å². The quantitative estimate of drug-likeness (QED) is 0.736. The number of hydrogen-bond acceptors (Lipinski definition) is 2. The lowest BCUT2D eigenvalue weighted by Crippen LogP contribution is -2.26. The molecule has 0 saturated heterocycles. The van der Waals surface area contributed by atoms with E-state index >= 15 is 0 Å². The van der Waals surface area contributed by atoms with E-state index in [0.29, 0.717) is 17.8 Å². The molecule has 0 fully saturated rings. The molecule has 0 aliphatic rings. The molecule has 134 valence electrons. The molecule has 1 amide bonds. The van der Waals surface area contributed by atoms with Crippen molar-refractivity contribution in [2.75, 3.05) is 5.32 Å². The smallest absolute Gasteiger partial charge is 0.326 e. The molecular weight excluding hydrogens is 326 g/mol. The average Bonchev–Trinajstić information content (AvgIpc) is 2.94. The van der Waals surface area contributed by atoms with E-state index in [9.17, 15) is 9.59 Å². The van der Waals surface area contributed by atoms with Gasteiger partial charge in [-0.1, -0.05) is 50.2 Å². The van der Waals surface area contributed by atoms with Crippen molar-refractivity contribution in [2.24, 2.45) is 0 Å². The van der Waals surface area contributed by atoms with Crippen molar-refractivity contribution in [3.05, 3.63) is 82.5 Å². The van der Waals surface area contributed by atoms with E-state index in [-0.39, 0.29) is 17.0 Å². The van der Waals surface area contributed by atoms with Gasteiger partial charge < -0.3 is 10.3 Å². The van der Waals surface area contributed by atoms with Gasteiger partial charge >= 0.3 is 5.69 Å². The fraction of sp³-hybridized carbons (Fsp3) is 0.238. The normalized spacial score (nSPS) is 11.3. The van der Waals surface area contributed by atoms with Crippen molar-refractivity contribution in [3.63, 3.8) is 0 Å². The predicted octanol–water partition coefficient (Wildman–Crippen LogP) is 3.78. The van der Waals surface area contributed by atoms with Crippen molar-refractivity contribution in [3.8, 4) is 5.69 Å². The summed E-state index contributed by atoms with van der Waals surface area (Å²) in [6, 6.07) is 17.3. The first-order chi connectivity index (χ1) is 12.4. The molecule has 26 heavy (non-hydrogen) atoms. The van der Waals surface area contributed by atoms with Crippen LogP contribution in [0.1, 0.15) is 31.5 Å². The third-order valence-electron chi connectivity index (χ3n) is 4.51. The van der Waals surface area contributed by atoms with Gasteiger partial charge in [-0.15, -0.1) is 0 Å².